The summed E-state index contributed by atoms with van der Waals surface area (Å²) in [5, 5.41) is 12.8. The lowest BCUT2D eigenvalue weighted by atomic mass is 9.93. The summed E-state index contributed by atoms with van der Waals surface area (Å²) in [5.41, 5.74) is 4.16. The maximum atomic E-state index is 12.8. The quantitative estimate of drug-likeness (QED) is 0.566. The fourth-order valence-corrected chi connectivity index (χ4v) is 4.10. The summed E-state index contributed by atoms with van der Waals surface area (Å²) in [6.07, 6.45) is -0.168. The van der Waals surface area contributed by atoms with Crippen LogP contribution >= 0.6 is 23.2 Å². The molecule has 5 nitrogen and oxygen atoms in total. The lowest BCUT2D eigenvalue weighted by Crippen LogP contribution is -2.41. The summed E-state index contributed by atoms with van der Waals surface area (Å²) in [5.74, 6) is -0.952. The molecule has 0 fully saturated rings. The van der Waals surface area contributed by atoms with E-state index in [2.05, 4.69) is 5.32 Å². The second-order valence-corrected chi connectivity index (χ2v) is 7.46. The lowest BCUT2D eigenvalue weighted by Gasteiger charge is -2.33. The Morgan fingerprint density at radius 2 is 1.72 bits per heavy atom. The van der Waals surface area contributed by atoms with Crippen molar-refractivity contribution in [1.29, 1.82) is 0 Å². The third kappa shape index (κ3) is 3.67. The summed E-state index contributed by atoms with van der Waals surface area (Å²) in [4.78, 5) is 25.6. The van der Waals surface area contributed by atoms with Gasteiger partial charge in [0.15, 0.2) is 0 Å². The molecule has 3 aromatic carbocycles. The number of hydrogen-bond acceptors (Lipinski definition) is 2. The van der Waals surface area contributed by atoms with Gasteiger partial charge in [-0.3, -0.25) is 9.69 Å². The Bertz CT molecular complexity index is 1100. The molecule has 0 atom stereocenters. The zero-order valence-corrected chi connectivity index (χ0v) is 16.7. The van der Waals surface area contributed by atoms with E-state index in [0.717, 1.165) is 16.7 Å². The molecular formula is C22H16Cl2N2O3. The number of carboxylic acids is 1. The number of aliphatic carboxylic acids is 1. The SMILES string of the molecule is O=C(O)Cc1cc(-c2ccccc2)c2c(c1)N(c1c(Cl)cccc1Cl)C(=O)NC2. The number of hydrogen-bond donors (Lipinski definition) is 2. The third-order valence-electron chi connectivity index (χ3n) is 4.75. The van der Waals surface area contributed by atoms with Crippen LogP contribution < -0.4 is 10.2 Å². The number of nitrogens with zero attached hydrogens (tertiary/aromatic N) is 1. The van der Waals surface area contributed by atoms with Crippen molar-refractivity contribution in [2.75, 3.05) is 4.90 Å². The van der Waals surface area contributed by atoms with Crippen molar-refractivity contribution in [3.63, 3.8) is 0 Å². The molecule has 0 saturated carbocycles. The molecule has 146 valence electrons. The highest BCUT2D eigenvalue weighted by Crippen LogP contribution is 2.43. The van der Waals surface area contributed by atoms with E-state index in [4.69, 9.17) is 23.2 Å². The Morgan fingerprint density at radius 3 is 2.38 bits per heavy atom. The molecule has 1 aliphatic heterocycles. The Balaban J connectivity index is 1.99. The molecule has 0 aliphatic carbocycles. The third-order valence-corrected chi connectivity index (χ3v) is 5.36. The van der Waals surface area contributed by atoms with Crippen LogP contribution in [0.25, 0.3) is 11.1 Å². The molecular weight excluding hydrogens is 411 g/mol. The molecule has 1 aliphatic rings. The number of para-hydroxylation sites is 1. The van der Waals surface area contributed by atoms with Crippen molar-refractivity contribution in [1.82, 2.24) is 5.32 Å². The summed E-state index contributed by atoms with van der Waals surface area (Å²) in [6.45, 7) is 0.310. The highest BCUT2D eigenvalue weighted by atomic mass is 35.5. The molecule has 4 rings (SSSR count). The first-order valence-corrected chi connectivity index (χ1v) is 9.66. The smallest absolute Gasteiger partial charge is 0.326 e. The van der Waals surface area contributed by atoms with Gasteiger partial charge in [-0.1, -0.05) is 65.7 Å². The van der Waals surface area contributed by atoms with Gasteiger partial charge in [-0.05, 0) is 34.9 Å². The predicted octanol–water partition coefficient (Wildman–Crippen LogP) is 5.65. The van der Waals surface area contributed by atoms with Gasteiger partial charge in [-0.25, -0.2) is 4.79 Å². The molecule has 0 bridgehead atoms. The number of urea groups is 1. The average molecular weight is 427 g/mol. The van der Waals surface area contributed by atoms with Crippen LogP contribution in [0, 0.1) is 0 Å². The number of halogens is 2. The van der Waals surface area contributed by atoms with E-state index >= 15 is 0 Å². The van der Waals surface area contributed by atoms with Crippen LogP contribution in [0.4, 0.5) is 16.2 Å². The number of anilines is 2. The van der Waals surface area contributed by atoms with Gasteiger partial charge in [0.25, 0.3) is 0 Å². The molecule has 0 radical (unpaired) electrons. The van der Waals surface area contributed by atoms with Crippen LogP contribution in [0.15, 0.2) is 60.7 Å². The van der Waals surface area contributed by atoms with E-state index in [1.54, 1.807) is 24.3 Å². The van der Waals surface area contributed by atoms with Gasteiger partial charge in [0, 0.05) is 12.1 Å². The van der Waals surface area contributed by atoms with Gasteiger partial charge >= 0.3 is 12.0 Å². The van der Waals surface area contributed by atoms with E-state index in [-0.39, 0.29) is 12.5 Å². The van der Waals surface area contributed by atoms with E-state index in [1.165, 1.54) is 4.90 Å². The first kappa shape index (κ1) is 19.3. The highest BCUT2D eigenvalue weighted by Gasteiger charge is 2.31. The molecule has 0 saturated heterocycles. The van der Waals surface area contributed by atoms with Gasteiger partial charge < -0.3 is 10.4 Å². The van der Waals surface area contributed by atoms with E-state index < -0.39 is 5.97 Å². The first-order chi connectivity index (χ1) is 14.0. The number of fused-ring (bicyclic) bond motifs is 1. The minimum Gasteiger partial charge on any atom is -0.481 e. The van der Waals surface area contributed by atoms with E-state index in [0.29, 0.717) is 33.5 Å². The Labute approximate surface area is 177 Å². The minimum absolute atomic E-state index is 0.168. The monoisotopic (exact) mass is 426 g/mol. The van der Waals surface area contributed by atoms with Crippen LogP contribution in [-0.4, -0.2) is 17.1 Å². The molecule has 0 aromatic heterocycles. The second-order valence-electron chi connectivity index (χ2n) is 6.64. The van der Waals surface area contributed by atoms with Crippen molar-refractivity contribution in [3.05, 3.63) is 81.8 Å². The van der Waals surface area contributed by atoms with Crippen LogP contribution in [0.1, 0.15) is 11.1 Å². The maximum absolute atomic E-state index is 12.8. The predicted molar refractivity (Wildman–Crippen MR) is 114 cm³/mol. The number of benzene rings is 3. The van der Waals surface area contributed by atoms with E-state index in [1.807, 2.05) is 36.4 Å². The minimum atomic E-state index is -0.952. The number of carbonyl (C=O) groups is 2. The number of carboxylic acid groups (broad SMARTS) is 1. The summed E-state index contributed by atoms with van der Waals surface area (Å²) in [6, 6.07) is 17.8. The first-order valence-electron chi connectivity index (χ1n) is 8.90. The zero-order chi connectivity index (χ0) is 20.5. The topological polar surface area (TPSA) is 69.6 Å². The summed E-state index contributed by atoms with van der Waals surface area (Å²) < 4.78 is 0. The second kappa shape index (κ2) is 7.78. The van der Waals surface area contributed by atoms with Gasteiger partial charge in [0.2, 0.25) is 0 Å². The molecule has 1 heterocycles. The van der Waals surface area contributed by atoms with Gasteiger partial charge in [0.1, 0.15) is 0 Å². The van der Waals surface area contributed by atoms with Crippen LogP contribution in [0.3, 0.4) is 0 Å². The number of carbonyl (C=O) groups excluding carboxylic acids is 1. The van der Waals surface area contributed by atoms with E-state index in [9.17, 15) is 14.7 Å². The van der Waals surface area contributed by atoms with Gasteiger partial charge in [-0.15, -0.1) is 0 Å². The van der Waals surface area contributed by atoms with Gasteiger partial charge in [0.05, 0.1) is 27.8 Å². The lowest BCUT2D eigenvalue weighted by molar-refractivity contribution is -0.136. The van der Waals surface area contributed by atoms with Crippen molar-refractivity contribution in [3.8, 4) is 11.1 Å². The number of nitrogens with one attached hydrogen (secondary N) is 1. The van der Waals surface area contributed by atoms with Gasteiger partial charge in [-0.2, -0.15) is 0 Å². The van der Waals surface area contributed by atoms with Crippen molar-refractivity contribution < 1.29 is 14.7 Å². The molecule has 0 spiro atoms. The average Bonchev–Trinajstić information content (AvgIpc) is 2.69. The normalized spacial score (nSPS) is 13.0. The highest BCUT2D eigenvalue weighted by molar-refractivity contribution is 6.40. The molecule has 29 heavy (non-hydrogen) atoms. The molecule has 3 aromatic rings. The fraction of sp³-hybridized carbons (Fsp3) is 0.0909. The Morgan fingerprint density at radius 1 is 1.03 bits per heavy atom. The van der Waals surface area contributed by atoms with Crippen molar-refractivity contribution in [2.24, 2.45) is 0 Å². The largest absolute Gasteiger partial charge is 0.481 e. The fourth-order valence-electron chi connectivity index (χ4n) is 3.53. The van der Waals surface area contributed by atoms with Crippen molar-refractivity contribution >= 4 is 46.6 Å². The Kier molecular flexibility index (Phi) is 5.18. The Hall–Kier alpha value is -3.02. The molecule has 0 unspecified atom stereocenters. The maximum Gasteiger partial charge on any atom is 0.326 e. The molecule has 2 amide bonds. The summed E-state index contributed by atoms with van der Waals surface area (Å²) >= 11 is 12.8. The van der Waals surface area contributed by atoms with Crippen LogP contribution in [0.5, 0.6) is 0 Å². The van der Waals surface area contributed by atoms with Crippen LogP contribution in [-0.2, 0) is 17.8 Å². The molecule has 2 N–H and O–H groups in total. The summed E-state index contributed by atoms with van der Waals surface area (Å²) in [7, 11) is 0. The number of rotatable bonds is 4. The van der Waals surface area contributed by atoms with Crippen LogP contribution in [0.2, 0.25) is 10.0 Å². The molecule has 7 heteroatoms. The van der Waals surface area contributed by atoms with Crippen molar-refractivity contribution in [2.45, 2.75) is 13.0 Å². The number of amides is 2. The standard InChI is InChI=1S/C22H16Cl2N2O3/c23-17-7-4-8-18(24)21(17)26-19-10-13(11-20(27)28)9-15(14-5-2-1-3-6-14)16(19)12-25-22(26)29/h1-10H,11-12H2,(H,25,29)(H,27,28). The zero-order valence-electron chi connectivity index (χ0n) is 15.2.